The number of likely N-dealkylation sites (N-methyl/N-ethyl adjacent to an activating group) is 1. The Labute approximate surface area is 79.6 Å². The number of rotatable bonds is 0. The average molecular weight is 182 g/mol. The van der Waals surface area contributed by atoms with Crippen molar-refractivity contribution in [3.05, 3.63) is 11.3 Å². The molecule has 0 aromatic carbocycles. The van der Waals surface area contributed by atoms with Crippen molar-refractivity contribution in [1.29, 1.82) is 0 Å². The van der Waals surface area contributed by atoms with Crippen molar-refractivity contribution in [2.75, 3.05) is 13.6 Å². The molecule has 0 unspecified atom stereocenters. The molecule has 1 aliphatic rings. The molecule has 0 radical (unpaired) electrons. The van der Waals surface area contributed by atoms with Crippen LogP contribution in [0.15, 0.2) is 11.3 Å². The first kappa shape index (κ1) is 10.1. The third-order valence-electron chi connectivity index (χ3n) is 2.44. The molecule has 13 heavy (non-hydrogen) atoms. The molecule has 3 nitrogen and oxygen atoms in total. The molecule has 0 aliphatic carbocycles. The van der Waals surface area contributed by atoms with Gasteiger partial charge in [0.15, 0.2) is 0 Å². The van der Waals surface area contributed by atoms with Gasteiger partial charge in [-0.05, 0) is 6.42 Å². The van der Waals surface area contributed by atoms with Crippen molar-refractivity contribution in [2.24, 2.45) is 11.1 Å². The van der Waals surface area contributed by atoms with Gasteiger partial charge in [0.25, 0.3) is 5.91 Å². The van der Waals surface area contributed by atoms with Crippen LogP contribution in [-0.2, 0) is 4.79 Å². The van der Waals surface area contributed by atoms with Crippen LogP contribution in [0.25, 0.3) is 0 Å². The Hall–Kier alpha value is -0.990. The maximum Gasteiger partial charge on any atom is 0.251 e. The summed E-state index contributed by atoms with van der Waals surface area (Å²) in [7, 11) is 1.81. The predicted octanol–water partition coefficient (Wildman–Crippen LogP) is 1.11. The molecule has 74 valence electrons. The molecule has 1 fully saturated rings. The van der Waals surface area contributed by atoms with E-state index in [0.717, 1.165) is 24.2 Å². The van der Waals surface area contributed by atoms with E-state index in [2.05, 4.69) is 0 Å². The van der Waals surface area contributed by atoms with Gasteiger partial charge in [0, 0.05) is 30.3 Å². The van der Waals surface area contributed by atoms with Crippen LogP contribution in [-0.4, -0.2) is 24.4 Å². The number of amides is 1. The van der Waals surface area contributed by atoms with Gasteiger partial charge in [0.05, 0.1) is 0 Å². The minimum absolute atomic E-state index is 0.0902. The van der Waals surface area contributed by atoms with Crippen LogP contribution < -0.4 is 5.73 Å². The highest BCUT2D eigenvalue weighted by atomic mass is 16.2. The van der Waals surface area contributed by atoms with Crippen molar-refractivity contribution in [1.82, 2.24) is 4.90 Å². The highest BCUT2D eigenvalue weighted by Gasteiger charge is 2.29. The third kappa shape index (κ3) is 1.85. The molecule has 3 heteroatoms. The second kappa shape index (κ2) is 3.05. The predicted molar refractivity (Wildman–Crippen MR) is 52.9 cm³/mol. The van der Waals surface area contributed by atoms with Crippen LogP contribution in [0.4, 0.5) is 0 Å². The summed E-state index contributed by atoms with van der Waals surface area (Å²) in [6.07, 6.45) is 0.790. The number of carbonyl (C=O) groups excluding carboxylic acids is 1. The molecule has 1 saturated heterocycles. The second-order valence-electron chi connectivity index (χ2n) is 4.62. The molecule has 0 aromatic rings. The van der Waals surface area contributed by atoms with E-state index in [-0.39, 0.29) is 11.3 Å². The van der Waals surface area contributed by atoms with Crippen molar-refractivity contribution in [2.45, 2.75) is 27.2 Å². The lowest BCUT2D eigenvalue weighted by Gasteiger charge is -2.21. The quantitative estimate of drug-likeness (QED) is 0.570. The molecule has 1 heterocycles. The number of carbonyl (C=O) groups is 1. The third-order valence-corrected chi connectivity index (χ3v) is 2.44. The highest BCUT2D eigenvalue weighted by molar-refractivity contribution is 5.96. The van der Waals surface area contributed by atoms with Gasteiger partial charge in [-0.2, -0.15) is 0 Å². The van der Waals surface area contributed by atoms with E-state index in [1.807, 2.05) is 27.8 Å². The summed E-state index contributed by atoms with van der Waals surface area (Å²) in [6.45, 7) is 6.88. The summed E-state index contributed by atoms with van der Waals surface area (Å²) < 4.78 is 0. The molecule has 2 N–H and O–H groups in total. The maximum absolute atomic E-state index is 11.6. The van der Waals surface area contributed by atoms with E-state index in [0.29, 0.717) is 0 Å². The number of allylic oxidation sites excluding steroid dienone is 1. The van der Waals surface area contributed by atoms with Crippen LogP contribution >= 0.6 is 0 Å². The van der Waals surface area contributed by atoms with Gasteiger partial charge in [-0.1, -0.05) is 20.8 Å². The van der Waals surface area contributed by atoms with E-state index < -0.39 is 0 Å². The lowest BCUT2D eigenvalue weighted by atomic mass is 9.89. The number of nitrogens with two attached hydrogens (primary N) is 1. The molecule has 1 amide bonds. The zero-order chi connectivity index (χ0) is 10.2. The summed E-state index contributed by atoms with van der Waals surface area (Å²) in [6, 6.07) is 0. The molecular weight excluding hydrogens is 164 g/mol. The lowest BCUT2D eigenvalue weighted by molar-refractivity contribution is -0.123. The van der Waals surface area contributed by atoms with E-state index >= 15 is 0 Å². The van der Waals surface area contributed by atoms with E-state index in [1.165, 1.54) is 0 Å². The minimum Gasteiger partial charge on any atom is -0.401 e. The second-order valence-corrected chi connectivity index (χ2v) is 4.62. The van der Waals surface area contributed by atoms with Crippen LogP contribution in [0.3, 0.4) is 0 Å². The van der Waals surface area contributed by atoms with E-state index in [4.69, 9.17) is 5.73 Å². The Morgan fingerprint density at radius 1 is 1.46 bits per heavy atom. The molecule has 0 aromatic heterocycles. The van der Waals surface area contributed by atoms with Crippen LogP contribution in [0.2, 0.25) is 0 Å². The largest absolute Gasteiger partial charge is 0.401 e. The Bertz CT molecular complexity index is 261. The maximum atomic E-state index is 11.6. The van der Waals surface area contributed by atoms with Gasteiger partial charge >= 0.3 is 0 Å². The number of hydrogen-bond acceptors (Lipinski definition) is 2. The van der Waals surface area contributed by atoms with Gasteiger partial charge in [0.2, 0.25) is 0 Å². The molecule has 0 spiro atoms. The smallest absolute Gasteiger partial charge is 0.251 e. The standard InChI is InChI=1S/C10H18N2O/c1-10(2,3)8(11)7-5-6-12(4)9(7)13/h5-6,11H2,1-4H3/b8-7-. The summed E-state index contributed by atoms with van der Waals surface area (Å²) in [5.41, 5.74) is 7.38. The van der Waals surface area contributed by atoms with E-state index in [9.17, 15) is 4.79 Å². The summed E-state index contributed by atoms with van der Waals surface area (Å²) >= 11 is 0. The Balaban J connectivity index is 3.00. The minimum atomic E-state index is -0.101. The molecule has 0 bridgehead atoms. The van der Waals surface area contributed by atoms with Crippen molar-refractivity contribution >= 4 is 5.91 Å². The number of likely N-dealkylation sites (tertiary alicyclic amines) is 1. The fourth-order valence-corrected chi connectivity index (χ4v) is 1.42. The zero-order valence-corrected chi connectivity index (χ0v) is 8.85. The Morgan fingerprint density at radius 3 is 2.31 bits per heavy atom. The van der Waals surface area contributed by atoms with Crippen molar-refractivity contribution in [3.8, 4) is 0 Å². The lowest BCUT2D eigenvalue weighted by Crippen LogP contribution is -2.24. The van der Waals surface area contributed by atoms with Gasteiger partial charge in [-0.3, -0.25) is 4.79 Å². The first-order valence-electron chi connectivity index (χ1n) is 4.58. The molecule has 1 rings (SSSR count). The highest BCUT2D eigenvalue weighted by Crippen LogP contribution is 2.28. The first-order chi connectivity index (χ1) is 5.84. The SMILES string of the molecule is CN1CC/C(=C(/N)C(C)(C)C)C1=O. The number of nitrogens with zero attached hydrogens (tertiary/aromatic N) is 1. The van der Waals surface area contributed by atoms with Gasteiger partial charge in [0.1, 0.15) is 0 Å². The van der Waals surface area contributed by atoms with Crippen molar-refractivity contribution in [3.63, 3.8) is 0 Å². The average Bonchev–Trinajstić information content (AvgIpc) is 2.30. The zero-order valence-electron chi connectivity index (χ0n) is 8.85. The number of hydrogen-bond donors (Lipinski definition) is 1. The molecule has 0 saturated carbocycles. The molecular formula is C10H18N2O. The fraction of sp³-hybridized carbons (Fsp3) is 0.700. The summed E-state index contributed by atoms with van der Waals surface area (Å²) in [5.74, 6) is 0.0902. The monoisotopic (exact) mass is 182 g/mol. The van der Waals surface area contributed by atoms with Gasteiger partial charge in [-0.25, -0.2) is 0 Å². The van der Waals surface area contributed by atoms with E-state index in [1.54, 1.807) is 4.90 Å². The summed E-state index contributed by atoms with van der Waals surface area (Å²) in [5, 5.41) is 0. The van der Waals surface area contributed by atoms with Crippen LogP contribution in [0.1, 0.15) is 27.2 Å². The van der Waals surface area contributed by atoms with Crippen LogP contribution in [0, 0.1) is 5.41 Å². The normalized spacial score (nSPS) is 22.5. The Kier molecular flexibility index (Phi) is 2.37. The fourth-order valence-electron chi connectivity index (χ4n) is 1.42. The molecule has 0 atom stereocenters. The Morgan fingerprint density at radius 2 is 2.00 bits per heavy atom. The summed E-state index contributed by atoms with van der Waals surface area (Å²) in [4.78, 5) is 13.3. The van der Waals surface area contributed by atoms with Gasteiger partial charge in [-0.15, -0.1) is 0 Å². The van der Waals surface area contributed by atoms with Crippen LogP contribution in [0.5, 0.6) is 0 Å². The van der Waals surface area contributed by atoms with Crippen molar-refractivity contribution < 1.29 is 4.79 Å². The molecule has 1 aliphatic heterocycles. The van der Waals surface area contributed by atoms with Gasteiger partial charge < -0.3 is 10.6 Å². The topological polar surface area (TPSA) is 46.3 Å². The first-order valence-corrected chi connectivity index (χ1v) is 4.58.